The van der Waals surface area contributed by atoms with Gasteiger partial charge in [-0.25, -0.2) is 14.8 Å². The van der Waals surface area contributed by atoms with Crippen LogP contribution in [-0.2, 0) is 4.74 Å². The summed E-state index contributed by atoms with van der Waals surface area (Å²) in [7, 11) is 0. The third-order valence-corrected chi connectivity index (χ3v) is 3.35. The Kier molecular flexibility index (Phi) is 4.66. The molecule has 0 saturated heterocycles. The first kappa shape index (κ1) is 15.1. The first-order valence-corrected chi connectivity index (χ1v) is 6.91. The summed E-state index contributed by atoms with van der Waals surface area (Å²) in [5.41, 5.74) is -0.243. The van der Waals surface area contributed by atoms with E-state index in [-0.39, 0.29) is 33.3 Å². The van der Waals surface area contributed by atoms with Crippen LogP contribution in [0.3, 0.4) is 0 Å². The zero-order valence-electron chi connectivity index (χ0n) is 10.7. The van der Waals surface area contributed by atoms with E-state index in [1.54, 1.807) is 6.92 Å². The van der Waals surface area contributed by atoms with Gasteiger partial charge >= 0.3 is 11.7 Å². The maximum Gasteiger partial charge on any atom is 0.350 e. The van der Waals surface area contributed by atoms with Crippen LogP contribution in [0.1, 0.15) is 16.6 Å². The van der Waals surface area contributed by atoms with E-state index in [2.05, 4.69) is 15.3 Å². The van der Waals surface area contributed by atoms with Gasteiger partial charge in [0.1, 0.15) is 10.0 Å². The van der Waals surface area contributed by atoms with Crippen LogP contribution < -0.4 is 5.32 Å². The Hall–Kier alpha value is -2.26. The molecule has 2 aromatic heterocycles. The molecule has 21 heavy (non-hydrogen) atoms. The number of halogens is 1. The lowest BCUT2D eigenvalue weighted by molar-refractivity contribution is -0.384. The standard InChI is InChI=1S/C11H9ClN4O4S/c1-2-20-10(17)7-5-13-11(21-7)15-9-6(16(18)19)3-4-8(12)14-9/h3-5H,2H2,1H3,(H,13,14,15). The van der Waals surface area contributed by atoms with Crippen LogP contribution in [-0.4, -0.2) is 27.5 Å². The number of carbonyl (C=O) groups is 1. The molecule has 0 aliphatic heterocycles. The molecule has 0 aliphatic carbocycles. The van der Waals surface area contributed by atoms with Gasteiger partial charge in [-0.05, 0) is 13.0 Å². The van der Waals surface area contributed by atoms with Gasteiger partial charge in [0.15, 0.2) is 5.13 Å². The lowest BCUT2D eigenvalue weighted by atomic mass is 10.4. The molecule has 0 aromatic carbocycles. The molecular formula is C11H9ClN4O4S. The van der Waals surface area contributed by atoms with Gasteiger partial charge < -0.3 is 10.1 Å². The largest absolute Gasteiger partial charge is 0.462 e. The van der Waals surface area contributed by atoms with Crippen LogP contribution in [0.15, 0.2) is 18.3 Å². The summed E-state index contributed by atoms with van der Waals surface area (Å²) in [4.78, 5) is 29.9. The number of nitrogens with zero attached hydrogens (tertiary/aromatic N) is 3. The fourth-order valence-corrected chi connectivity index (χ4v) is 2.25. The van der Waals surface area contributed by atoms with Crippen molar-refractivity contribution < 1.29 is 14.5 Å². The third kappa shape index (κ3) is 3.64. The van der Waals surface area contributed by atoms with Crippen LogP contribution in [0, 0.1) is 10.1 Å². The summed E-state index contributed by atoms with van der Waals surface area (Å²) < 4.78 is 4.83. The van der Waals surface area contributed by atoms with Crippen LogP contribution in [0.5, 0.6) is 0 Å². The second-order valence-corrected chi connectivity index (χ2v) is 5.05. The number of nitro groups is 1. The maximum atomic E-state index is 11.5. The van der Waals surface area contributed by atoms with Gasteiger partial charge in [-0.3, -0.25) is 10.1 Å². The quantitative estimate of drug-likeness (QED) is 0.389. The number of rotatable bonds is 5. The first-order chi connectivity index (χ1) is 10.0. The summed E-state index contributed by atoms with van der Waals surface area (Å²) in [6.45, 7) is 1.94. The molecule has 110 valence electrons. The fourth-order valence-electron chi connectivity index (χ4n) is 1.40. The Balaban J connectivity index is 2.24. The number of hydrogen-bond donors (Lipinski definition) is 1. The van der Waals surface area contributed by atoms with E-state index < -0.39 is 10.9 Å². The molecule has 0 spiro atoms. The SMILES string of the molecule is CCOC(=O)c1cnc(Nc2nc(Cl)ccc2[N+](=O)[O-])s1. The Morgan fingerprint density at radius 3 is 3.00 bits per heavy atom. The number of esters is 1. The van der Waals surface area contributed by atoms with Crippen molar-refractivity contribution in [1.29, 1.82) is 0 Å². The van der Waals surface area contributed by atoms with E-state index in [9.17, 15) is 14.9 Å². The summed E-state index contributed by atoms with van der Waals surface area (Å²) in [6.07, 6.45) is 1.32. The van der Waals surface area contributed by atoms with Gasteiger partial charge in [-0.1, -0.05) is 22.9 Å². The molecule has 1 N–H and O–H groups in total. The van der Waals surface area contributed by atoms with Gasteiger partial charge in [0.05, 0.1) is 17.7 Å². The van der Waals surface area contributed by atoms with E-state index in [4.69, 9.17) is 16.3 Å². The Morgan fingerprint density at radius 2 is 2.33 bits per heavy atom. The smallest absolute Gasteiger partial charge is 0.350 e. The summed E-state index contributed by atoms with van der Waals surface area (Å²) in [5.74, 6) is -0.547. The number of anilines is 2. The maximum absolute atomic E-state index is 11.5. The average molecular weight is 329 g/mol. The monoisotopic (exact) mass is 328 g/mol. The Morgan fingerprint density at radius 1 is 1.57 bits per heavy atom. The third-order valence-electron chi connectivity index (χ3n) is 2.24. The minimum absolute atomic E-state index is 0.0442. The van der Waals surface area contributed by atoms with Gasteiger partial charge in [-0.15, -0.1) is 0 Å². The molecule has 8 nitrogen and oxygen atoms in total. The molecule has 2 rings (SSSR count). The minimum Gasteiger partial charge on any atom is -0.462 e. The molecule has 0 radical (unpaired) electrons. The molecule has 0 aliphatic rings. The molecule has 0 unspecified atom stereocenters. The van der Waals surface area contributed by atoms with Crippen molar-refractivity contribution in [3.05, 3.63) is 38.5 Å². The zero-order valence-corrected chi connectivity index (χ0v) is 12.3. The van der Waals surface area contributed by atoms with Crippen LogP contribution in [0.4, 0.5) is 16.6 Å². The van der Waals surface area contributed by atoms with E-state index in [1.807, 2.05) is 0 Å². The molecule has 2 aromatic rings. The number of hydrogen-bond acceptors (Lipinski definition) is 8. The summed E-state index contributed by atoms with van der Waals surface area (Å²) >= 11 is 6.72. The predicted octanol–water partition coefficient (Wildman–Crippen LogP) is 3.02. The first-order valence-electron chi connectivity index (χ1n) is 5.72. The van der Waals surface area contributed by atoms with E-state index in [0.717, 1.165) is 11.3 Å². The van der Waals surface area contributed by atoms with Crippen molar-refractivity contribution in [3.63, 3.8) is 0 Å². The lowest BCUT2D eigenvalue weighted by Gasteiger charge is -2.02. The summed E-state index contributed by atoms with van der Waals surface area (Å²) in [5, 5.41) is 14.0. The highest BCUT2D eigenvalue weighted by Crippen LogP contribution is 2.29. The second kappa shape index (κ2) is 6.46. The van der Waals surface area contributed by atoms with Crippen molar-refractivity contribution in [2.45, 2.75) is 6.92 Å². The summed E-state index contributed by atoms with van der Waals surface area (Å²) in [6, 6.07) is 2.55. The van der Waals surface area contributed by atoms with E-state index in [1.165, 1.54) is 18.3 Å². The van der Waals surface area contributed by atoms with E-state index >= 15 is 0 Å². The molecular weight excluding hydrogens is 320 g/mol. The number of pyridine rings is 1. The van der Waals surface area contributed by atoms with Crippen LogP contribution >= 0.6 is 22.9 Å². The highest BCUT2D eigenvalue weighted by Gasteiger charge is 2.18. The normalized spacial score (nSPS) is 10.2. The fraction of sp³-hybridized carbons (Fsp3) is 0.182. The number of aromatic nitrogens is 2. The molecule has 0 amide bonds. The van der Waals surface area contributed by atoms with E-state index in [0.29, 0.717) is 0 Å². The van der Waals surface area contributed by atoms with Crippen molar-refractivity contribution in [3.8, 4) is 0 Å². The van der Waals surface area contributed by atoms with Crippen molar-refractivity contribution in [1.82, 2.24) is 9.97 Å². The Labute approximate surface area is 127 Å². The van der Waals surface area contributed by atoms with Crippen molar-refractivity contribution in [2.24, 2.45) is 0 Å². The van der Waals surface area contributed by atoms with Gasteiger partial charge in [0.25, 0.3) is 0 Å². The van der Waals surface area contributed by atoms with Gasteiger partial charge in [0, 0.05) is 6.07 Å². The topological polar surface area (TPSA) is 107 Å². The zero-order chi connectivity index (χ0) is 15.4. The minimum atomic E-state index is -0.592. The van der Waals surface area contributed by atoms with Crippen LogP contribution in [0.2, 0.25) is 5.15 Å². The predicted molar refractivity (Wildman–Crippen MR) is 77.3 cm³/mol. The van der Waals surface area contributed by atoms with Crippen molar-refractivity contribution >= 4 is 45.5 Å². The molecule has 0 fully saturated rings. The molecule has 0 atom stereocenters. The molecule has 10 heteroatoms. The number of thiazole rings is 1. The molecule has 0 bridgehead atoms. The molecule has 2 heterocycles. The highest BCUT2D eigenvalue weighted by molar-refractivity contribution is 7.17. The lowest BCUT2D eigenvalue weighted by Crippen LogP contribution is -2.01. The van der Waals surface area contributed by atoms with Gasteiger partial charge in [-0.2, -0.15) is 0 Å². The average Bonchev–Trinajstić information content (AvgIpc) is 2.87. The number of carbonyl (C=O) groups excluding carboxylic acids is 1. The van der Waals surface area contributed by atoms with Gasteiger partial charge in [0.2, 0.25) is 5.82 Å². The molecule has 0 saturated carbocycles. The highest BCUT2D eigenvalue weighted by atomic mass is 35.5. The Bertz CT molecular complexity index is 691. The number of ether oxygens (including phenoxy) is 1. The number of nitrogens with one attached hydrogen (secondary N) is 1. The van der Waals surface area contributed by atoms with Crippen LogP contribution in [0.25, 0.3) is 0 Å². The van der Waals surface area contributed by atoms with Crippen molar-refractivity contribution in [2.75, 3.05) is 11.9 Å². The second-order valence-electron chi connectivity index (χ2n) is 3.63.